The third kappa shape index (κ3) is 2.61. The van der Waals surface area contributed by atoms with Crippen LogP contribution < -0.4 is 5.32 Å². The molecule has 1 amide bonds. The van der Waals surface area contributed by atoms with Crippen LogP contribution in [0.1, 0.15) is 28.0 Å². The number of carbonyl (C=O) groups is 1. The minimum absolute atomic E-state index is 0.0244. The topological polar surface area (TPSA) is 75.6 Å². The molecule has 1 unspecified atom stereocenters. The van der Waals surface area contributed by atoms with Gasteiger partial charge in [0.15, 0.2) is 11.3 Å². The Bertz CT molecular complexity index is 807. The molecule has 1 atom stereocenters. The van der Waals surface area contributed by atoms with Crippen molar-refractivity contribution in [2.24, 2.45) is 0 Å². The van der Waals surface area contributed by atoms with Crippen LogP contribution in [0.3, 0.4) is 0 Å². The van der Waals surface area contributed by atoms with Gasteiger partial charge in [0, 0.05) is 10.9 Å². The Morgan fingerprint density at radius 2 is 2.18 bits per heavy atom. The molecule has 2 aromatic heterocycles. The molecule has 1 aromatic carbocycles. The molecule has 2 N–H and O–H groups in total. The monoisotopic (exact) mass is 319 g/mol. The van der Waals surface area contributed by atoms with Gasteiger partial charge in [-0.1, -0.05) is 23.7 Å². The van der Waals surface area contributed by atoms with E-state index in [1.54, 1.807) is 31.2 Å². The molecule has 3 aromatic rings. The molecule has 0 bridgehead atoms. The van der Waals surface area contributed by atoms with Gasteiger partial charge in [-0.3, -0.25) is 4.79 Å². The molecular formula is C16H14ClNO4. The number of hydrogen-bond acceptors (Lipinski definition) is 4. The highest BCUT2D eigenvalue weighted by Crippen LogP contribution is 2.30. The number of aliphatic hydroxyl groups is 1. The summed E-state index contributed by atoms with van der Waals surface area (Å²) in [5.74, 6) is 0.176. The average molecular weight is 320 g/mol. The summed E-state index contributed by atoms with van der Waals surface area (Å²) in [6.07, 6.45) is 0.554. The van der Waals surface area contributed by atoms with E-state index in [9.17, 15) is 9.90 Å². The van der Waals surface area contributed by atoms with Crippen LogP contribution in [0.5, 0.6) is 0 Å². The second kappa shape index (κ2) is 5.87. The van der Waals surface area contributed by atoms with Crippen molar-refractivity contribution in [3.8, 4) is 0 Å². The molecule has 114 valence electrons. The molecule has 6 heteroatoms. The first-order valence-electron chi connectivity index (χ1n) is 6.75. The molecule has 0 aliphatic rings. The summed E-state index contributed by atoms with van der Waals surface area (Å²) in [5, 5.41) is 13.8. The van der Waals surface area contributed by atoms with Gasteiger partial charge in [0.1, 0.15) is 11.9 Å². The van der Waals surface area contributed by atoms with Gasteiger partial charge in [0.25, 0.3) is 5.91 Å². The van der Waals surface area contributed by atoms with Crippen molar-refractivity contribution in [1.29, 1.82) is 0 Å². The Morgan fingerprint density at radius 1 is 1.36 bits per heavy atom. The SMILES string of the molecule is Cc1c(C(=O)NCC(O)c2ccco2)oc2c(Cl)cccc12. The molecule has 0 aliphatic carbocycles. The van der Waals surface area contributed by atoms with Crippen LogP contribution in [0, 0.1) is 6.92 Å². The number of rotatable bonds is 4. The van der Waals surface area contributed by atoms with E-state index in [4.69, 9.17) is 20.4 Å². The Morgan fingerprint density at radius 3 is 2.86 bits per heavy atom. The van der Waals surface area contributed by atoms with Gasteiger partial charge in [0.05, 0.1) is 17.8 Å². The van der Waals surface area contributed by atoms with Crippen LogP contribution in [0.25, 0.3) is 11.0 Å². The Labute approximate surface area is 131 Å². The minimum Gasteiger partial charge on any atom is -0.467 e. The maximum Gasteiger partial charge on any atom is 0.287 e. The van der Waals surface area contributed by atoms with Crippen LogP contribution in [-0.4, -0.2) is 17.6 Å². The third-order valence-electron chi connectivity index (χ3n) is 3.45. The number of aliphatic hydroxyl groups excluding tert-OH is 1. The second-order valence-corrected chi connectivity index (χ2v) is 5.32. The fraction of sp³-hybridized carbons (Fsp3) is 0.188. The Hall–Kier alpha value is -2.24. The van der Waals surface area contributed by atoms with E-state index in [0.717, 1.165) is 5.39 Å². The smallest absolute Gasteiger partial charge is 0.287 e. The van der Waals surface area contributed by atoms with Crippen molar-refractivity contribution < 1.29 is 18.7 Å². The number of fused-ring (bicyclic) bond motifs is 1. The molecule has 22 heavy (non-hydrogen) atoms. The second-order valence-electron chi connectivity index (χ2n) is 4.91. The fourth-order valence-corrected chi connectivity index (χ4v) is 2.49. The number of benzene rings is 1. The zero-order chi connectivity index (χ0) is 15.7. The average Bonchev–Trinajstić information content (AvgIpc) is 3.14. The lowest BCUT2D eigenvalue weighted by Crippen LogP contribution is -2.28. The van der Waals surface area contributed by atoms with E-state index in [2.05, 4.69) is 5.32 Å². The molecular weight excluding hydrogens is 306 g/mol. The number of nitrogens with one attached hydrogen (secondary N) is 1. The third-order valence-corrected chi connectivity index (χ3v) is 3.75. The predicted octanol–water partition coefficient (Wildman–Crippen LogP) is 3.45. The van der Waals surface area contributed by atoms with Crippen LogP contribution in [0.2, 0.25) is 5.02 Å². The number of carbonyl (C=O) groups excluding carboxylic acids is 1. The first-order valence-corrected chi connectivity index (χ1v) is 7.13. The quantitative estimate of drug-likeness (QED) is 0.772. The number of furan rings is 2. The summed E-state index contributed by atoms with van der Waals surface area (Å²) in [4.78, 5) is 12.2. The molecule has 0 fully saturated rings. The van der Waals surface area contributed by atoms with E-state index in [0.29, 0.717) is 21.9 Å². The number of halogens is 1. The van der Waals surface area contributed by atoms with Gasteiger partial charge in [-0.15, -0.1) is 0 Å². The highest BCUT2D eigenvalue weighted by molar-refractivity contribution is 6.35. The van der Waals surface area contributed by atoms with Gasteiger partial charge in [0.2, 0.25) is 0 Å². The van der Waals surface area contributed by atoms with E-state index in [-0.39, 0.29) is 12.3 Å². The van der Waals surface area contributed by atoms with Crippen LogP contribution in [0.4, 0.5) is 0 Å². The lowest BCUT2D eigenvalue weighted by atomic mass is 10.1. The highest BCUT2D eigenvalue weighted by atomic mass is 35.5. The van der Waals surface area contributed by atoms with Gasteiger partial charge < -0.3 is 19.3 Å². The first-order chi connectivity index (χ1) is 10.6. The number of para-hydroxylation sites is 1. The molecule has 0 saturated carbocycles. The standard InChI is InChI=1S/C16H14ClNO4/c1-9-10-4-2-5-11(17)15(10)22-14(9)16(20)18-8-12(19)13-6-3-7-21-13/h2-7,12,19H,8H2,1H3,(H,18,20). The van der Waals surface area contributed by atoms with Crippen LogP contribution in [0.15, 0.2) is 45.4 Å². The zero-order valence-electron chi connectivity index (χ0n) is 11.8. The lowest BCUT2D eigenvalue weighted by molar-refractivity contribution is 0.0875. The van der Waals surface area contributed by atoms with Crippen molar-refractivity contribution in [3.63, 3.8) is 0 Å². The Balaban J connectivity index is 1.78. The molecule has 5 nitrogen and oxygen atoms in total. The maximum absolute atomic E-state index is 12.2. The summed E-state index contributed by atoms with van der Waals surface area (Å²) >= 11 is 6.06. The number of aryl methyl sites for hydroxylation is 1. The maximum atomic E-state index is 12.2. The zero-order valence-corrected chi connectivity index (χ0v) is 12.6. The largest absolute Gasteiger partial charge is 0.467 e. The number of hydrogen-bond donors (Lipinski definition) is 2. The van der Waals surface area contributed by atoms with Crippen molar-refractivity contribution in [1.82, 2.24) is 5.32 Å². The van der Waals surface area contributed by atoms with E-state index < -0.39 is 12.0 Å². The molecule has 0 aliphatic heterocycles. The van der Waals surface area contributed by atoms with E-state index >= 15 is 0 Å². The first kappa shape index (κ1) is 14.7. The Kier molecular flexibility index (Phi) is 3.92. The summed E-state index contributed by atoms with van der Waals surface area (Å²) in [6, 6.07) is 8.66. The lowest BCUT2D eigenvalue weighted by Gasteiger charge is -2.08. The van der Waals surface area contributed by atoms with Crippen LogP contribution >= 0.6 is 11.6 Å². The van der Waals surface area contributed by atoms with Gasteiger partial charge in [-0.05, 0) is 25.1 Å². The number of amides is 1. The molecule has 3 rings (SSSR count). The summed E-state index contributed by atoms with van der Waals surface area (Å²) in [7, 11) is 0. The van der Waals surface area contributed by atoms with E-state index in [1.165, 1.54) is 6.26 Å². The highest BCUT2D eigenvalue weighted by Gasteiger charge is 2.20. The normalized spacial score (nSPS) is 12.5. The minimum atomic E-state index is -0.910. The summed E-state index contributed by atoms with van der Waals surface area (Å²) < 4.78 is 10.6. The molecule has 0 saturated heterocycles. The van der Waals surface area contributed by atoms with Crippen molar-refractivity contribution >= 4 is 28.5 Å². The summed E-state index contributed by atoms with van der Waals surface area (Å²) in [6.45, 7) is 1.82. The van der Waals surface area contributed by atoms with Gasteiger partial charge >= 0.3 is 0 Å². The van der Waals surface area contributed by atoms with Crippen molar-refractivity contribution in [3.05, 3.63) is 58.7 Å². The van der Waals surface area contributed by atoms with E-state index in [1.807, 2.05) is 6.07 Å². The van der Waals surface area contributed by atoms with Crippen molar-refractivity contribution in [2.75, 3.05) is 6.54 Å². The van der Waals surface area contributed by atoms with Crippen LogP contribution in [-0.2, 0) is 0 Å². The molecule has 0 spiro atoms. The van der Waals surface area contributed by atoms with Crippen molar-refractivity contribution in [2.45, 2.75) is 13.0 Å². The van der Waals surface area contributed by atoms with Gasteiger partial charge in [-0.2, -0.15) is 0 Å². The summed E-state index contributed by atoms with van der Waals surface area (Å²) in [5.41, 5.74) is 1.20. The molecule has 0 radical (unpaired) electrons. The predicted molar refractivity (Wildman–Crippen MR) is 82.0 cm³/mol. The van der Waals surface area contributed by atoms with Gasteiger partial charge in [-0.25, -0.2) is 0 Å². The molecule has 2 heterocycles. The fourth-order valence-electron chi connectivity index (χ4n) is 2.28.